The van der Waals surface area contributed by atoms with Crippen molar-refractivity contribution < 1.29 is 23.9 Å². The van der Waals surface area contributed by atoms with Crippen molar-refractivity contribution in [2.45, 2.75) is 58.5 Å². The molecule has 0 spiro atoms. The van der Waals surface area contributed by atoms with Crippen LogP contribution in [-0.2, 0) is 9.53 Å². The first kappa shape index (κ1) is 26.1. The van der Waals surface area contributed by atoms with Gasteiger partial charge in [0, 0.05) is 43.0 Å². The highest BCUT2D eigenvalue weighted by Crippen LogP contribution is 2.31. The van der Waals surface area contributed by atoms with Gasteiger partial charge in [0.15, 0.2) is 0 Å². The summed E-state index contributed by atoms with van der Waals surface area (Å²) in [6.07, 6.45) is 3.25. The summed E-state index contributed by atoms with van der Waals surface area (Å²) in [6, 6.07) is 7.31. The topological polar surface area (TPSA) is 89.0 Å². The first-order valence-electron chi connectivity index (χ1n) is 12.8. The fourth-order valence-corrected chi connectivity index (χ4v) is 5.77. The number of nitrogens with zero attached hydrogens (tertiary/aromatic N) is 3. The maximum Gasteiger partial charge on any atom is 0.310 e. The minimum Gasteiger partial charge on any atom is -0.491 e. The Bertz CT molecular complexity index is 1060. The zero-order valence-electron chi connectivity index (χ0n) is 21.3. The number of hydrogen-bond acceptors (Lipinski definition) is 7. The van der Waals surface area contributed by atoms with E-state index in [1.807, 2.05) is 48.4 Å². The Morgan fingerprint density at radius 2 is 1.75 bits per heavy atom. The highest BCUT2D eigenvalue weighted by atomic mass is 32.1. The molecule has 194 valence electrons. The number of ether oxygens (including phenoxy) is 2. The molecule has 9 heteroatoms. The van der Waals surface area contributed by atoms with Crippen LogP contribution in [0.25, 0.3) is 0 Å². The number of piperidine rings is 2. The smallest absolute Gasteiger partial charge is 0.310 e. The Morgan fingerprint density at radius 1 is 1.03 bits per heavy atom. The lowest BCUT2D eigenvalue weighted by Crippen LogP contribution is -2.43. The van der Waals surface area contributed by atoms with Crippen molar-refractivity contribution in [3.63, 3.8) is 0 Å². The largest absolute Gasteiger partial charge is 0.491 e. The Kier molecular flexibility index (Phi) is 8.61. The summed E-state index contributed by atoms with van der Waals surface area (Å²) in [6.45, 7) is 8.42. The molecule has 0 aliphatic carbocycles. The number of thiazole rings is 1. The molecule has 0 radical (unpaired) electrons. The van der Waals surface area contributed by atoms with Crippen LogP contribution in [0.5, 0.6) is 5.75 Å². The van der Waals surface area contributed by atoms with Crippen LogP contribution in [-0.4, -0.2) is 71.5 Å². The molecule has 2 amide bonds. The molecule has 2 aliphatic heterocycles. The van der Waals surface area contributed by atoms with Crippen molar-refractivity contribution in [3.8, 4) is 5.75 Å². The summed E-state index contributed by atoms with van der Waals surface area (Å²) in [4.78, 5) is 46.4. The number of esters is 1. The average molecular weight is 514 g/mol. The van der Waals surface area contributed by atoms with E-state index in [9.17, 15) is 14.4 Å². The second kappa shape index (κ2) is 11.9. The summed E-state index contributed by atoms with van der Waals surface area (Å²) in [5, 5.41) is 2.77. The third-order valence-electron chi connectivity index (χ3n) is 6.67. The van der Waals surface area contributed by atoms with E-state index in [2.05, 4.69) is 4.98 Å². The van der Waals surface area contributed by atoms with Crippen LogP contribution in [0, 0.1) is 5.92 Å². The zero-order valence-corrected chi connectivity index (χ0v) is 22.1. The van der Waals surface area contributed by atoms with E-state index in [-0.39, 0.29) is 35.7 Å². The number of hydrogen-bond donors (Lipinski definition) is 0. The summed E-state index contributed by atoms with van der Waals surface area (Å²) in [5.41, 5.74) is 1.11. The molecule has 4 rings (SSSR count). The predicted octanol–water partition coefficient (Wildman–Crippen LogP) is 4.37. The lowest BCUT2D eigenvalue weighted by atomic mass is 9.97. The summed E-state index contributed by atoms with van der Waals surface area (Å²) in [7, 11) is 0. The van der Waals surface area contributed by atoms with E-state index in [0.29, 0.717) is 44.0 Å². The molecule has 2 saturated heterocycles. The minimum absolute atomic E-state index is 0.0285. The monoisotopic (exact) mass is 513 g/mol. The number of likely N-dealkylation sites (tertiary alicyclic amines) is 2. The van der Waals surface area contributed by atoms with Gasteiger partial charge >= 0.3 is 5.97 Å². The van der Waals surface area contributed by atoms with Gasteiger partial charge in [0.2, 0.25) is 0 Å². The zero-order chi connectivity index (χ0) is 25.7. The Hall–Kier alpha value is -2.94. The maximum atomic E-state index is 13.1. The number of amides is 2. The van der Waals surface area contributed by atoms with E-state index >= 15 is 0 Å². The number of carbonyl (C=O) groups is 3. The third kappa shape index (κ3) is 6.24. The fraction of sp³-hybridized carbons (Fsp3) is 0.556. The normalized spacial score (nSPS) is 18.8. The highest BCUT2D eigenvalue weighted by Gasteiger charge is 2.32. The summed E-state index contributed by atoms with van der Waals surface area (Å²) < 4.78 is 10.8. The van der Waals surface area contributed by atoms with Crippen molar-refractivity contribution >= 4 is 29.1 Å². The van der Waals surface area contributed by atoms with Crippen molar-refractivity contribution in [1.82, 2.24) is 14.8 Å². The van der Waals surface area contributed by atoms with Crippen LogP contribution in [0.4, 0.5) is 0 Å². The number of rotatable bonds is 7. The van der Waals surface area contributed by atoms with Gasteiger partial charge in [-0.3, -0.25) is 14.4 Å². The molecule has 2 fully saturated rings. The minimum atomic E-state index is -0.262. The number of benzene rings is 1. The molecule has 2 aliphatic rings. The van der Waals surface area contributed by atoms with Gasteiger partial charge in [-0.25, -0.2) is 4.98 Å². The fourth-order valence-electron chi connectivity index (χ4n) is 4.81. The summed E-state index contributed by atoms with van der Waals surface area (Å²) >= 11 is 1.51. The second-order valence-electron chi connectivity index (χ2n) is 9.67. The van der Waals surface area contributed by atoms with Crippen molar-refractivity contribution in [2.24, 2.45) is 5.92 Å². The number of carbonyl (C=O) groups excluding carboxylic acids is 3. The molecule has 3 heterocycles. The molecular weight excluding hydrogens is 478 g/mol. The average Bonchev–Trinajstić information content (AvgIpc) is 3.39. The van der Waals surface area contributed by atoms with Gasteiger partial charge in [-0.05, 0) is 70.7 Å². The molecule has 0 N–H and O–H groups in total. The van der Waals surface area contributed by atoms with Gasteiger partial charge in [-0.2, -0.15) is 0 Å². The van der Waals surface area contributed by atoms with Crippen molar-refractivity contribution in [3.05, 3.63) is 45.9 Å². The Balaban J connectivity index is 1.31. The first-order chi connectivity index (χ1) is 17.4. The maximum absolute atomic E-state index is 13.1. The summed E-state index contributed by atoms with van der Waals surface area (Å²) in [5.74, 6) is 0.410. The lowest BCUT2D eigenvalue weighted by Gasteiger charge is -2.31. The Labute approximate surface area is 216 Å². The van der Waals surface area contributed by atoms with Gasteiger partial charge in [-0.1, -0.05) is 0 Å². The van der Waals surface area contributed by atoms with Crippen LogP contribution in [0.1, 0.15) is 78.2 Å². The quantitative estimate of drug-likeness (QED) is 0.511. The molecule has 36 heavy (non-hydrogen) atoms. The molecule has 1 unspecified atom stereocenters. The second-order valence-corrected chi connectivity index (χ2v) is 10.6. The molecule has 1 aromatic carbocycles. The van der Waals surface area contributed by atoms with E-state index in [4.69, 9.17) is 9.47 Å². The third-order valence-corrected chi connectivity index (χ3v) is 7.68. The predicted molar refractivity (Wildman–Crippen MR) is 137 cm³/mol. The van der Waals surface area contributed by atoms with Gasteiger partial charge < -0.3 is 19.3 Å². The van der Waals surface area contributed by atoms with E-state index in [0.717, 1.165) is 36.4 Å². The van der Waals surface area contributed by atoms with Crippen molar-refractivity contribution in [1.29, 1.82) is 0 Å². The van der Waals surface area contributed by atoms with Gasteiger partial charge in [0.05, 0.1) is 23.6 Å². The molecule has 2 aromatic rings. The van der Waals surface area contributed by atoms with Crippen LogP contribution < -0.4 is 4.74 Å². The van der Waals surface area contributed by atoms with Crippen molar-refractivity contribution in [2.75, 3.05) is 32.8 Å². The van der Waals surface area contributed by atoms with Gasteiger partial charge in [0.25, 0.3) is 11.8 Å². The van der Waals surface area contributed by atoms with E-state index < -0.39 is 0 Å². The van der Waals surface area contributed by atoms with Crippen LogP contribution in [0.15, 0.2) is 29.6 Å². The molecule has 1 aromatic heterocycles. The van der Waals surface area contributed by atoms with Gasteiger partial charge in [-0.15, -0.1) is 11.3 Å². The SMILES string of the molecule is CCOC(=O)C1CCCN(C(=O)c2csc(C3CCN(C(=O)c4ccc(OC(C)C)cc4)CC3)n2)C1. The van der Waals surface area contributed by atoms with Crippen LogP contribution in [0.2, 0.25) is 0 Å². The standard InChI is InChI=1S/C27H35N3O5S/c1-4-34-27(33)21-6-5-13-30(16-21)26(32)23-17-36-24(28-23)19-11-14-29(15-12-19)25(31)20-7-9-22(10-8-20)35-18(2)3/h7-10,17-19,21H,4-6,11-16H2,1-3H3. The molecule has 0 bridgehead atoms. The molecular formula is C27H35N3O5S. The number of aromatic nitrogens is 1. The van der Waals surface area contributed by atoms with E-state index in [1.54, 1.807) is 11.8 Å². The van der Waals surface area contributed by atoms with Crippen LogP contribution >= 0.6 is 11.3 Å². The molecule has 0 saturated carbocycles. The molecule has 1 atom stereocenters. The highest BCUT2D eigenvalue weighted by molar-refractivity contribution is 7.09. The van der Waals surface area contributed by atoms with Gasteiger partial charge in [0.1, 0.15) is 11.4 Å². The molecule has 8 nitrogen and oxygen atoms in total. The Morgan fingerprint density at radius 3 is 2.42 bits per heavy atom. The first-order valence-corrected chi connectivity index (χ1v) is 13.7. The van der Waals surface area contributed by atoms with E-state index in [1.165, 1.54) is 11.3 Å². The lowest BCUT2D eigenvalue weighted by molar-refractivity contribution is -0.149. The van der Waals surface area contributed by atoms with Crippen LogP contribution in [0.3, 0.4) is 0 Å².